The Morgan fingerprint density at radius 2 is 1.71 bits per heavy atom. The summed E-state index contributed by atoms with van der Waals surface area (Å²) in [6.45, 7) is 6.06. The van der Waals surface area contributed by atoms with Crippen molar-refractivity contribution < 1.29 is 33.3 Å². The lowest BCUT2D eigenvalue weighted by molar-refractivity contribution is -0.165. The average molecular weight is 435 g/mol. The van der Waals surface area contributed by atoms with E-state index in [4.69, 9.17) is 23.7 Å². The molecule has 0 N–H and O–H groups in total. The molecule has 1 fully saturated rings. The first-order chi connectivity index (χ1) is 14.8. The third kappa shape index (κ3) is 6.91. The molecule has 2 rings (SSSR count). The Kier molecular flexibility index (Phi) is 9.21. The maximum Gasteiger partial charge on any atom is 0.344 e. The smallest absolute Gasteiger partial charge is 0.344 e. The molecular formula is C24H34O7. The van der Waals surface area contributed by atoms with Crippen LogP contribution in [0.25, 0.3) is 6.08 Å². The van der Waals surface area contributed by atoms with Crippen LogP contribution in [0.5, 0.6) is 17.2 Å². The van der Waals surface area contributed by atoms with Gasteiger partial charge in [-0.05, 0) is 54.4 Å². The van der Waals surface area contributed by atoms with E-state index < -0.39 is 18.5 Å². The summed E-state index contributed by atoms with van der Waals surface area (Å²) in [5.74, 6) is 1.56. The molecule has 0 aliphatic heterocycles. The summed E-state index contributed by atoms with van der Waals surface area (Å²) < 4.78 is 26.6. The fourth-order valence-corrected chi connectivity index (χ4v) is 3.99. The summed E-state index contributed by atoms with van der Waals surface area (Å²) in [7, 11) is 4.55. The second-order valence-corrected chi connectivity index (χ2v) is 8.25. The lowest BCUT2D eigenvalue weighted by atomic mass is 9.75. The first-order valence-electron chi connectivity index (χ1n) is 10.6. The first kappa shape index (κ1) is 24.6. The van der Waals surface area contributed by atoms with Crippen LogP contribution in [-0.2, 0) is 19.1 Å². The molecule has 1 saturated carbocycles. The third-order valence-electron chi connectivity index (χ3n) is 5.68. The molecule has 1 aliphatic rings. The minimum atomic E-state index is -0.636. The third-order valence-corrected chi connectivity index (χ3v) is 5.68. The van der Waals surface area contributed by atoms with Crippen molar-refractivity contribution in [1.82, 2.24) is 0 Å². The maximum absolute atomic E-state index is 12.2. The van der Waals surface area contributed by atoms with E-state index in [-0.39, 0.29) is 6.10 Å². The summed E-state index contributed by atoms with van der Waals surface area (Å²) in [6.07, 6.45) is 5.73. The number of benzene rings is 1. The zero-order chi connectivity index (χ0) is 23.0. The predicted molar refractivity (Wildman–Crippen MR) is 117 cm³/mol. The summed E-state index contributed by atoms with van der Waals surface area (Å²) >= 11 is 0. The highest BCUT2D eigenvalue weighted by atomic mass is 16.6. The maximum atomic E-state index is 12.2. The Bertz CT molecular complexity index is 759. The van der Waals surface area contributed by atoms with Gasteiger partial charge in [0.2, 0.25) is 5.75 Å². The number of hydrogen-bond donors (Lipinski definition) is 0. The highest BCUT2D eigenvalue weighted by molar-refractivity contribution is 5.88. The van der Waals surface area contributed by atoms with E-state index in [0.29, 0.717) is 40.6 Å². The molecule has 0 bridgehead atoms. The molecule has 31 heavy (non-hydrogen) atoms. The molecule has 0 aromatic heterocycles. The SMILES string of the molecule is COc1cc(/C=C/C(=O)OCC(=O)O[C@@H]2C[C@@H](C)CC[C@@H]2C(C)C)cc(OC)c1OC. The summed E-state index contributed by atoms with van der Waals surface area (Å²) in [6, 6.07) is 3.41. The highest BCUT2D eigenvalue weighted by Gasteiger charge is 2.33. The van der Waals surface area contributed by atoms with Gasteiger partial charge in [0.15, 0.2) is 18.1 Å². The standard InChI is InChI=1S/C24H34O7/c1-15(2)18-9-7-16(3)11-19(18)31-23(26)14-30-22(25)10-8-17-12-20(27-4)24(29-6)21(13-17)28-5/h8,10,12-13,15-16,18-19H,7,9,11,14H2,1-6H3/b10-8+/t16-,18+,19+/m0/s1. The van der Waals surface area contributed by atoms with Gasteiger partial charge in [0, 0.05) is 6.08 Å². The monoisotopic (exact) mass is 434 g/mol. The Hall–Kier alpha value is -2.70. The van der Waals surface area contributed by atoms with Crippen LogP contribution in [0.15, 0.2) is 18.2 Å². The van der Waals surface area contributed by atoms with Gasteiger partial charge in [0.1, 0.15) is 6.10 Å². The molecule has 0 saturated heterocycles. The summed E-state index contributed by atoms with van der Waals surface area (Å²) in [4.78, 5) is 24.3. The number of ether oxygens (including phenoxy) is 5. The quantitative estimate of drug-likeness (QED) is 0.424. The van der Waals surface area contributed by atoms with Crippen LogP contribution >= 0.6 is 0 Å². The second-order valence-electron chi connectivity index (χ2n) is 8.25. The van der Waals surface area contributed by atoms with Crippen molar-refractivity contribution in [2.45, 2.75) is 46.1 Å². The predicted octanol–water partition coefficient (Wildman–Crippen LogP) is 4.27. The molecule has 7 nitrogen and oxygen atoms in total. The molecule has 3 atom stereocenters. The zero-order valence-corrected chi connectivity index (χ0v) is 19.3. The minimum Gasteiger partial charge on any atom is -0.493 e. The lowest BCUT2D eigenvalue weighted by Gasteiger charge is -2.36. The zero-order valence-electron chi connectivity index (χ0n) is 19.3. The van der Waals surface area contributed by atoms with Gasteiger partial charge >= 0.3 is 11.9 Å². The Balaban J connectivity index is 1.92. The number of rotatable bonds is 9. The van der Waals surface area contributed by atoms with Gasteiger partial charge in [-0.2, -0.15) is 0 Å². The van der Waals surface area contributed by atoms with Crippen molar-refractivity contribution in [3.8, 4) is 17.2 Å². The molecule has 1 aromatic rings. The lowest BCUT2D eigenvalue weighted by Crippen LogP contribution is -2.36. The molecular weight excluding hydrogens is 400 g/mol. The molecule has 1 aromatic carbocycles. The van der Waals surface area contributed by atoms with E-state index in [2.05, 4.69) is 20.8 Å². The van der Waals surface area contributed by atoms with Crippen molar-refractivity contribution in [3.63, 3.8) is 0 Å². The van der Waals surface area contributed by atoms with E-state index in [1.54, 1.807) is 18.2 Å². The number of methoxy groups -OCH3 is 3. The average Bonchev–Trinajstić information content (AvgIpc) is 2.75. The van der Waals surface area contributed by atoms with E-state index in [1.807, 2.05) is 0 Å². The fourth-order valence-electron chi connectivity index (χ4n) is 3.99. The first-order valence-corrected chi connectivity index (χ1v) is 10.6. The largest absolute Gasteiger partial charge is 0.493 e. The van der Waals surface area contributed by atoms with Crippen LogP contribution in [-0.4, -0.2) is 46.0 Å². The molecule has 0 heterocycles. The van der Waals surface area contributed by atoms with Crippen molar-refractivity contribution >= 4 is 18.0 Å². The van der Waals surface area contributed by atoms with Crippen LogP contribution in [0.4, 0.5) is 0 Å². The van der Waals surface area contributed by atoms with Gasteiger partial charge < -0.3 is 23.7 Å². The fraction of sp³-hybridized carbons (Fsp3) is 0.583. The second kappa shape index (κ2) is 11.6. The van der Waals surface area contributed by atoms with Gasteiger partial charge in [-0.1, -0.05) is 27.2 Å². The van der Waals surface area contributed by atoms with E-state index in [0.717, 1.165) is 19.3 Å². The van der Waals surface area contributed by atoms with Crippen LogP contribution in [0.3, 0.4) is 0 Å². The molecule has 7 heteroatoms. The Morgan fingerprint density at radius 3 is 2.26 bits per heavy atom. The van der Waals surface area contributed by atoms with Gasteiger partial charge in [-0.15, -0.1) is 0 Å². The Labute approximate surface area is 184 Å². The molecule has 0 radical (unpaired) electrons. The molecule has 0 spiro atoms. The molecule has 1 aliphatic carbocycles. The van der Waals surface area contributed by atoms with Gasteiger partial charge in [0.25, 0.3) is 0 Å². The van der Waals surface area contributed by atoms with Crippen LogP contribution in [0.1, 0.15) is 45.6 Å². The van der Waals surface area contributed by atoms with Crippen molar-refractivity contribution in [2.75, 3.05) is 27.9 Å². The Morgan fingerprint density at radius 1 is 1.06 bits per heavy atom. The van der Waals surface area contributed by atoms with Crippen molar-refractivity contribution in [1.29, 1.82) is 0 Å². The van der Waals surface area contributed by atoms with E-state index in [1.165, 1.54) is 27.4 Å². The van der Waals surface area contributed by atoms with Gasteiger partial charge in [-0.25, -0.2) is 9.59 Å². The molecule has 0 unspecified atom stereocenters. The van der Waals surface area contributed by atoms with Crippen LogP contribution < -0.4 is 14.2 Å². The van der Waals surface area contributed by atoms with E-state index >= 15 is 0 Å². The number of carbonyl (C=O) groups is 2. The van der Waals surface area contributed by atoms with Crippen molar-refractivity contribution in [3.05, 3.63) is 23.8 Å². The highest BCUT2D eigenvalue weighted by Crippen LogP contribution is 2.38. The molecule has 172 valence electrons. The minimum absolute atomic E-state index is 0.121. The van der Waals surface area contributed by atoms with Gasteiger partial charge in [-0.3, -0.25) is 0 Å². The number of hydrogen-bond acceptors (Lipinski definition) is 7. The number of carbonyl (C=O) groups excluding carboxylic acids is 2. The summed E-state index contributed by atoms with van der Waals surface area (Å²) in [5.41, 5.74) is 0.657. The van der Waals surface area contributed by atoms with Gasteiger partial charge in [0.05, 0.1) is 21.3 Å². The van der Waals surface area contributed by atoms with Crippen LogP contribution in [0.2, 0.25) is 0 Å². The summed E-state index contributed by atoms with van der Waals surface area (Å²) in [5, 5.41) is 0. The number of esters is 2. The van der Waals surface area contributed by atoms with Crippen molar-refractivity contribution in [2.24, 2.45) is 17.8 Å². The molecule has 0 amide bonds. The van der Waals surface area contributed by atoms with Crippen LogP contribution in [0, 0.1) is 17.8 Å². The normalized spacial score (nSPS) is 21.1. The van der Waals surface area contributed by atoms with E-state index in [9.17, 15) is 9.59 Å². The topological polar surface area (TPSA) is 80.3 Å².